The fourth-order valence-electron chi connectivity index (χ4n) is 1.25. The van der Waals surface area contributed by atoms with Crippen molar-refractivity contribution in [3.8, 4) is 11.5 Å². The predicted octanol–water partition coefficient (Wildman–Crippen LogP) is 0.514. The SMILES string of the molecule is NCCC(O)c1nc(-c2ccccn2)no1. The smallest absolute Gasteiger partial charge is 0.255 e. The van der Waals surface area contributed by atoms with Gasteiger partial charge in [0.15, 0.2) is 0 Å². The van der Waals surface area contributed by atoms with Crippen LogP contribution in [0.2, 0.25) is 0 Å². The van der Waals surface area contributed by atoms with Crippen LogP contribution in [0.15, 0.2) is 28.9 Å². The van der Waals surface area contributed by atoms with E-state index in [0.29, 0.717) is 24.5 Å². The molecule has 2 rings (SSSR count). The van der Waals surface area contributed by atoms with Crippen LogP contribution in [0.3, 0.4) is 0 Å². The molecule has 0 spiro atoms. The molecule has 2 aromatic heterocycles. The second-order valence-electron chi connectivity index (χ2n) is 3.26. The first kappa shape index (κ1) is 10.7. The van der Waals surface area contributed by atoms with Crippen molar-refractivity contribution >= 4 is 0 Å². The molecule has 0 aliphatic rings. The zero-order valence-corrected chi connectivity index (χ0v) is 8.58. The first-order valence-electron chi connectivity index (χ1n) is 4.94. The van der Waals surface area contributed by atoms with Crippen LogP contribution in [-0.4, -0.2) is 26.8 Å². The lowest BCUT2D eigenvalue weighted by Crippen LogP contribution is -2.06. The van der Waals surface area contributed by atoms with Crippen molar-refractivity contribution in [3.63, 3.8) is 0 Å². The van der Waals surface area contributed by atoms with Gasteiger partial charge >= 0.3 is 0 Å². The number of aliphatic hydroxyl groups is 1. The molecule has 16 heavy (non-hydrogen) atoms. The van der Waals surface area contributed by atoms with Gasteiger partial charge in [-0.1, -0.05) is 11.2 Å². The summed E-state index contributed by atoms with van der Waals surface area (Å²) in [5, 5.41) is 13.3. The molecule has 0 amide bonds. The van der Waals surface area contributed by atoms with Gasteiger partial charge in [0, 0.05) is 6.20 Å². The zero-order valence-electron chi connectivity index (χ0n) is 8.58. The average Bonchev–Trinajstić information content (AvgIpc) is 2.80. The van der Waals surface area contributed by atoms with E-state index in [-0.39, 0.29) is 5.89 Å². The van der Waals surface area contributed by atoms with Crippen LogP contribution in [-0.2, 0) is 0 Å². The van der Waals surface area contributed by atoms with E-state index in [1.165, 1.54) is 0 Å². The highest BCUT2D eigenvalue weighted by Gasteiger charge is 2.16. The maximum Gasteiger partial charge on any atom is 0.255 e. The first-order chi connectivity index (χ1) is 7.81. The summed E-state index contributed by atoms with van der Waals surface area (Å²) in [6.07, 6.45) is 1.22. The lowest BCUT2D eigenvalue weighted by Gasteiger charge is -2.00. The van der Waals surface area contributed by atoms with Gasteiger partial charge in [-0.05, 0) is 25.1 Å². The maximum atomic E-state index is 9.58. The third kappa shape index (κ3) is 2.23. The van der Waals surface area contributed by atoms with E-state index in [2.05, 4.69) is 15.1 Å². The van der Waals surface area contributed by atoms with Crippen LogP contribution in [0, 0.1) is 0 Å². The van der Waals surface area contributed by atoms with Crippen LogP contribution in [0.5, 0.6) is 0 Å². The summed E-state index contributed by atoms with van der Waals surface area (Å²) >= 11 is 0. The van der Waals surface area contributed by atoms with Crippen molar-refractivity contribution in [2.24, 2.45) is 5.73 Å². The maximum absolute atomic E-state index is 9.58. The molecule has 2 heterocycles. The minimum atomic E-state index is -0.810. The summed E-state index contributed by atoms with van der Waals surface area (Å²) in [6.45, 7) is 0.364. The molecule has 1 atom stereocenters. The number of aliphatic hydroxyl groups excluding tert-OH is 1. The predicted molar refractivity (Wildman–Crippen MR) is 56.2 cm³/mol. The summed E-state index contributed by atoms with van der Waals surface area (Å²) in [7, 11) is 0. The Morgan fingerprint density at radius 2 is 2.31 bits per heavy atom. The largest absolute Gasteiger partial charge is 0.383 e. The van der Waals surface area contributed by atoms with E-state index in [1.807, 2.05) is 6.07 Å². The minimum absolute atomic E-state index is 0.172. The Kier molecular flexibility index (Phi) is 3.23. The second kappa shape index (κ2) is 4.82. The van der Waals surface area contributed by atoms with Gasteiger partial charge in [-0.25, -0.2) is 0 Å². The molecular formula is C10H12N4O2. The lowest BCUT2D eigenvalue weighted by molar-refractivity contribution is 0.127. The number of hydrogen-bond donors (Lipinski definition) is 2. The summed E-state index contributed by atoms with van der Waals surface area (Å²) in [5.74, 6) is 0.540. The van der Waals surface area contributed by atoms with Crippen LogP contribution in [0.25, 0.3) is 11.5 Å². The Hall–Kier alpha value is -1.79. The molecule has 0 aliphatic carbocycles. The van der Waals surface area contributed by atoms with Crippen LogP contribution >= 0.6 is 0 Å². The molecule has 0 aliphatic heterocycles. The Labute approximate surface area is 92.1 Å². The Balaban J connectivity index is 2.20. The van der Waals surface area contributed by atoms with Gasteiger partial charge in [0.05, 0.1) is 0 Å². The van der Waals surface area contributed by atoms with Gasteiger partial charge in [0.1, 0.15) is 11.8 Å². The van der Waals surface area contributed by atoms with E-state index < -0.39 is 6.10 Å². The van der Waals surface area contributed by atoms with E-state index in [4.69, 9.17) is 10.3 Å². The number of nitrogens with zero attached hydrogens (tertiary/aromatic N) is 3. The highest BCUT2D eigenvalue weighted by Crippen LogP contribution is 2.17. The third-order valence-electron chi connectivity index (χ3n) is 2.06. The average molecular weight is 220 g/mol. The molecule has 0 saturated carbocycles. The number of pyridine rings is 1. The Morgan fingerprint density at radius 3 is 3.00 bits per heavy atom. The molecule has 6 heteroatoms. The molecule has 0 aromatic carbocycles. The Bertz CT molecular complexity index is 443. The summed E-state index contributed by atoms with van der Waals surface area (Å²) in [4.78, 5) is 8.13. The molecule has 0 saturated heterocycles. The van der Waals surface area contributed by atoms with Crippen molar-refractivity contribution in [1.29, 1.82) is 0 Å². The standard InChI is InChI=1S/C10H12N4O2/c11-5-4-8(15)10-13-9(14-16-10)7-3-1-2-6-12-7/h1-3,6,8,15H,4-5,11H2. The van der Waals surface area contributed by atoms with Crippen molar-refractivity contribution in [3.05, 3.63) is 30.3 Å². The van der Waals surface area contributed by atoms with E-state index in [0.717, 1.165) is 0 Å². The van der Waals surface area contributed by atoms with E-state index in [9.17, 15) is 5.11 Å². The molecule has 0 fully saturated rings. The highest BCUT2D eigenvalue weighted by molar-refractivity contribution is 5.47. The summed E-state index contributed by atoms with van der Waals surface area (Å²) in [6, 6.07) is 5.40. The van der Waals surface area contributed by atoms with Crippen molar-refractivity contribution in [2.75, 3.05) is 6.54 Å². The van der Waals surface area contributed by atoms with Gasteiger partial charge in [-0.2, -0.15) is 4.98 Å². The number of nitrogens with two attached hydrogens (primary N) is 1. The van der Waals surface area contributed by atoms with Crippen LogP contribution < -0.4 is 5.73 Å². The molecule has 0 bridgehead atoms. The van der Waals surface area contributed by atoms with Crippen LogP contribution in [0.4, 0.5) is 0 Å². The van der Waals surface area contributed by atoms with Gasteiger partial charge in [0.25, 0.3) is 5.89 Å². The molecule has 0 radical (unpaired) electrons. The molecule has 84 valence electrons. The van der Waals surface area contributed by atoms with Crippen molar-refractivity contribution < 1.29 is 9.63 Å². The number of rotatable bonds is 4. The normalized spacial score (nSPS) is 12.6. The lowest BCUT2D eigenvalue weighted by atomic mass is 10.2. The third-order valence-corrected chi connectivity index (χ3v) is 2.06. The number of aromatic nitrogens is 3. The summed E-state index contributed by atoms with van der Waals surface area (Å²) in [5.41, 5.74) is 5.93. The zero-order chi connectivity index (χ0) is 11.4. The van der Waals surface area contributed by atoms with Gasteiger partial charge in [-0.15, -0.1) is 0 Å². The molecule has 3 N–H and O–H groups in total. The minimum Gasteiger partial charge on any atom is -0.383 e. The Morgan fingerprint density at radius 1 is 1.44 bits per heavy atom. The van der Waals surface area contributed by atoms with Crippen molar-refractivity contribution in [2.45, 2.75) is 12.5 Å². The van der Waals surface area contributed by atoms with Gasteiger partial charge in [-0.3, -0.25) is 4.98 Å². The van der Waals surface area contributed by atoms with Gasteiger partial charge in [0.2, 0.25) is 5.82 Å². The molecule has 6 nitrogen and oxygen atoms in total. The fraction of sp³-hybridized carbons (Fsp3) is 0.300. The molecule has 1 unspecified atom stereocenters. The second-order valence-corrected chi connectivity index (χ2v) is 3.26. The molecule has 2 aromatic rings. The molecular weight excluding hydrogens is 208 g/mol. The van der Waals surface area contributed by atoms with E-state index in [1.54, 1.807) is 18.3 Å². The van der Waals surface area contributed by atoms with Crippen LogP contribution in [0.1, 0.15) is 18.4 Å². The highest BCUT2D eigenvalue weighted by atomic mass is 16.5. The van der Waals surface area contributed by atoms with E-state index >= 15 is 0 Å². The monoisotopic (exact) mass is 220 g/mol. The van der Waals surface area contributed by atoms with Crippen molar-refractivity contribution in [1.82, 2.24) is 15.1 Å². The quantitative estimate of drug-likeness (QED) is 0.779. The number of hydrogen-bond acceptors (Lipinski definition) is 6. The topological polar surface area (TPSA) is 98.1 Å². The summed E-state index contributed by atoms with van der Waals surface area (Å²) < 4.78 is 4.93. The fourth-order valence-corrected chi connectivity index (χ4v) is 1.25. The van der Waals surface area contributed by atoms with Gasteiger partial charge < -0.3 is 15.4 Å². The first-order valence-corrected chi connectivity index (χ1v) is 4.94.